The second-order valence-corrected chi connectivity index (χ2v) is 6.17. The molecule has 3 nitrogen and oxygen atoms in total. The lowest BCUT2D eigenvalue weighted by molar-refractivity contribution is 0.499. The number of nitrogens with zero attached hydrogens (tertiary/aromatic N) is 2. The zero-order valence-corrected chi connectivity index (χ0v) is 12.2. The van der Waals surface area contributed by atoms with Crippen LogP contribution >= 0.6 is 0 Å². The third-order valence-corrected chi connectivity index (χ3v) is 4.64. The largest absolute Gasteiger partial charge is 0.316 e. The molecule has 106 valence electrons. The molecule has 0 bridgehead atoms. The number of hydrogen-bond acceptors (Lipinski definition) is 2. The van der Waals surface area contributed by atoms with Crippen LogP contribution in [0.1, 0.15) is 19.0 Å². The molecule has 2 aromatic carbocycles. The fourth-order valence-corrected chi connectivity index (χ4v) is 3.31. The molecule has 1 aliphatic heterocycles. The van der Waals surface area contributed by atoms with Crippen LogP contribution in [0.4, 0.5) is 0 Å². The van der Waals surface area contributed by atoms with Gasteiger partial charge in [0.1, 0.15) is 0 Å². The predicted octanol–water partition coefficient (Wildman–Crippen LogP) is 3.28. The fraction of sp³-hybridized carbons (Fsp3) is 0.278. The summed E-state index contributed by atoms with van der Waals surface area (Å²) in [6.07, 6.45) is 5.11. The standard InChI is InChI=1S/C18H19N3/c1-18(8-9-19-12-18)17-11-20-13-21(17)16-7-6-14-4-2-3-5-15(14)10-16/h2-7,10-11,13,19H,8-9,12H2,1H3. The van der Waals surface area contributed by atoms with Crippen LogP contribution in [0.3, 0.4) is 0 Å². The summed E-state index contributed by atoms with van der Waals surface area (Å²) in [5.74, 6) is 0. The van der Waals surface area contributed by atoms with Crippen molar-refractivity contribution in [2.75, 3.05) is 13.1 Å². The van der Waals surface area contributed by atoms with Gasteiger partial charge < -0.3 is 9.88 Å². The van der Waals surface area contributed by atoms with Gasteiger partial charge in [0, 0.05) is 29.5 Å². The van der Waals surface area contributed by atoms with Gasteiger partial charge in [-0.15, -0.1) is 0 Å². The highest BCUT2D eigenvalue weighted by molar-refractivity contribution is 5.84. The third-order valence-electron chi connectivity index (χ3n) is 4.64. The van der Waals surface area contributed by atoms with E-state index < -0.39 is 0 Å². The lowest BCUT2D eigenvalue weighted by Crippen LogP contribution is -2.27. The molecule has 0 amide bonds. The molecule has 0 aliphatic carbocycles. The molecule has 1 fully saturated rings. The topological polar surface area (TPSA) is 29.9 Å². The number of hydrogen-bond donors (Lipinski definition) is 1. The molecule has 1 atom stereocenters. The summed E-state index contributed by atoms with van der Waals surface area (Å²) >= 11 is 0. The molecular weight excluding hydrogens is 258 g/mol. The Hall–Kier alpha value is -2.13. The van der Waals surface area contributed by atoms with E-state index in [2.05, 4.69) is 64.3 Å². The van der Waals surface area contributed by atoms with Gasteiger partial charge in [0.25, 0.3) is 0 Å². The molecule has 0 spiro atoms. The minimum atomic E-state index is 0.169. The Kier molecular flexibility index (Phi) is 2.82. The minimum absolute atomic E-state index is 0.169. The number of aromatic nitrogens is 2. The van der Waals surface area contributed by atoms with Crippen LogP contribution in [0.25, 0.3) is 16.5 Å². The molecule has 1 unspecified atom stereocenters. The first-order chi connectivity index (χ1) is 10.3. The van der Waals surface area contributed by atoms with E-state index in [1.807, 2.05) is 12.5 Å². The summed E-state index contributed by atoms with van der Waals surface area (Å²) in [6, 6.07) is 15.1. The average molecular weight is 277 g/mol. The molecule has 1 N–H and O–H groups in total. The third kappa shape index (κ3) is 2.05. The molecule has 1 aliphatic rings. The summed E-state index contributed by atoms with van der Waals surface area (Å²) in [5.41, 5.74) is 2.65. The van der Waals surface area contributed by atoms with E-state index in [-0.39, 0.29) is 5.41 Å². The molecule has 3 aromatic rings. The highest BCUT2D eigenvalue weighted by Crippen LogP contribution is 2.32. The van der Waals surface area contributed by atoms with Gasteiger partial charge in [0.15, 0.2) is 0 Å². The van der Waals surface area contributed by atoms with E-state index in [0.717, 1.165) is 19.5 Å². The number of fused-ring (bicyclic) bond motifs is 1. The van der Waals surface area contributed by atoms with Crippen molar-refractivity contribution in [3.8, 4) is 5.69 Å². The summed E-state index contributed by atoms with van der Waals surface area (Å²) in [5, 5.41) is 6.01. The van der Waals surface area contributed by atoms with E-state index >= 15 is 0 Å². The van der Waals surface area contributed by atoms with Crippen LogP contribution in [-0.4, -0.2) is 22.6 Å². The SMILES string of the molecule is CC1(c2cncn2-c2ccc3ccccc3c2)CCNC1. The van der Waals surface area contributed by atoms with Crippen molar-refractivity contribution < 1.29 is 0 Å². The summed E-state index contributed by atoms with van der Waals surface area (Å²) < 4.78 is 2.24. The normalized spacial score (nSPS) is 22.0. The zero-order chi connectivity index (χ0) is 14.3. The van der Waals surface area contributed by atoms with E-state index in [9.17, 15) is 0 Å². The zero-order valence-electron chi connectivity index (χ0n) is 12.2. The van der Waals surface area contributed by atoms with Crippen molar-refractivity contribution in [1.29, 1.82) is 0 Å². The molecule has 1 aromatic heterocycles. The van der Waals surface area contributed by atoms with Crippen molar-refractivity contribution >= 4 is 10.8 Å². The van der Waals surface area contributed by atoms with Gasteiger partial charge in [-0.25, -0.2) is 4.98 Å². The maximum Gasteiger partial charge on any atom is 0.0994 e. The van der Waals surface area contributed by atoms with Crippen molar-refractivity contribution in [3.05, 3.63) is 60.7 Å². The first-order valence-electron chi connectivity index (χ1n) is 7.49. The molecule has 2 heterocycles. The Bertz CT molecular complexity index is 782. The molecule has 1 saturated heterocycles. The highest BCUT2D eigenvalue weighted by atomic mass is 15.1. The summed E-state index contributed by atoms with van der Waals surface area (Å²) in [6.45, 7) is 4.42. The maximum absolute atomic E-state index is 4.40. The monoisotopic (exact) mass is 277 g/mol. The molecule has 0 saturated carbocycles. The van der Waals surface area contributed by atoms with Gasteiger partial charge in [-0.2, -0.15) is 0 Å². The maximum atomic E-state index is 4.40. The second kappa shape index (κ2) is 4.71. The lowest BCUT2D eigenvalue weighted by Gasteiger charge is -2.24. The molecular formula is C18H19N3. The molecule has 0 radical (unpaired) electrons. The van der Waals surface area contributed by atoms with Gasteiger partial charge in [-0.05, 0) is 35.9 Å². The van der Waals surface area contributed by atoms with Gasteiger partial charge in [-0.1, -0.05) is 37.3 Å². The number of nitrogens with one attached hydrogen (secondary N) is 1. The van der Waals surface area contributed by atoms with Gasteiger partial charge in [-0.3, -0.25) is 0 Å². The Balaban J connectivity index is 1.84. The first-order valence-corrected chi connectivity index (χ1v) is 7.49. The van der Waals surface area contributed by atoms with Crippen molar-refractivity contribution in [2.45, 2.75) is 18.8 Å². The Morgan fingerprint density at radius 3 is 2.81 bits per heavy atom. The van der Waals surface area contributed by atoms with Crippen LogP contribution < -0.4 is 5.32 Å². The van der Waals surface area contributed by atoms with Gasteiger partial charge in [0.05, 0.1) is 6.33 Å². The lowest BCUT2D eigenvalue weighted by atomic mass is 9.86. The number of benzene rings is 2. The van der Waals surface area contributed by atoms with Gasteiger partial charge >= 0.3 is 0 Å². The number of imidazole rings is 1. The van der Waals surface area contributed by atoms with Crippen molar-refractivity contribution in [3.63, 3.8) is 0 Å². The molecule has 3 heteroatoms. The van der Waals surface area contributed by atoms with Gasteiger partial charge in [0.2, 0.25) is 0 Å². The van der Waals surface area contributed by atoms with Crippen LogP contribution in [-0.2, 0) is 5.41 Å². The smallest absolute Gasteiger partial charge is 0.0994 e. The van der Waals surface area contributed by atoms with E-state index in [4.69, 9.17) is 0 Å². The van der Waals surface area contributed by atoms with Crippen molar-refractivity contribution in [2.24, 2.45) is 0 Å². The predicted molar refractivity (Wildman–Crippen MR) is 85.9 cm³/mol. The summed E-state index contributed by atoms with van der Waals surface area (Å²) in [4.78, 5) is 4.40. The Morgan fingerprint density at radius 1 is 1.14 bits per heavy atom. The van der Waals surface area contributed by atoms with E-state index in [1.165, 1.54) is 22.2 Å². The van der Waals surface area contributed by atoms with Crippen molar-refractivity contribution in [1.82, 2.24) is 14.9 Å². The summed E-state index contributed by atoms with van der Waals surface area (Å²) in [7, 11) is 0. The quantitative estimate of drug-likeness (QED) is 0.779. The van der Waals surface area contributed by atoms with Crippen LogP contribution in [0.15, 0.2) is 55.0 Å². The highest BCUT2D eigenvalue weighted by Gasteiger charge is 2.33. The minimum Gasteiger partial charge on any atom is -0.316 e. The first kappa shape index (κ1) is 12.6. The number of rotatable bonds is 2. The van der Waals surface area contributed by atoms with Crippen LogP contribution in [0.2, 0.25) is 0 Å². The molecule has 4 rings (SSSR count). The second-order valence-electron chi connectivity index (χ2n) is 6.17. The fourth-order valence-electron chi connectivity index (χ4n) is 3.31. The van der Waals surface area contributed by atoms with E-state index in [1.54, 1.807) is 0 Å². The van der Waals surface area contributed by atoms with E-state index in [0.29, 0.717) is 0 Å². The average Bonchev–Trinajstić information content (AvgIpc) is 3.16. The van der Waals surface area contributed by atoms with Crippen LogP contribution in [0.5, 0.6) is 0 Å². The Morgan fingerprint density at radius 2 is 2.00 bits per heavy atom. The van der Waals surface area contributed by atoms with Crippen LogP contribution in [0, 0.1) is 0 Å². The Labute approximate surface area is 124 Å². The molecule has 21 heavy (non-hydrogen) atoms.